The van der Waals surface area contributed by atoms with Gasteiger partial charge in [0.2, 0.25) is 0 Å². The van der Waals surface area contributed by atoms with E-state index in [1.165, 1.54) is 12.1 Å². The van der Waals surface area contributed by atoms with Gasteiger partial charge in [-0.1, -0.05) is 40.2 Å². The van der Waals surface area contributed by atoms with Gasteiger partial charge in [-0.25, -0.2) is 4.39 Å². The molecule has 0 bridgehead atoms. The van der Waals surface area contributed by atoms with Crippen molar-refractivity contribution in [1.29, 1.82) is 0 Å². The second-order valence-electron chi connectivity index (χ2n) is 4.57. The summed E-state index contributed by atoms with van der Waals surface area (Å²) < 4.78 is 14.3. The average molecular weight is 309 g/mol. The largest absolute Gasteiger partial charge is 0.381 e. The fourth-order valence-electron chi connectivity index (χ4n) is 2.03. The maximum Gasteiger partial charge on any atom is 0.123 e. The minimum Gasteiger partial charge on any atom is -0.381 e. The molecule has 2 aromatic carbocycles. The highest BCUT2D eigenvalue weighted by atomic mass is 79.9. The lowest BCUT2D eigenvalue weighted by Crippen LogP contribution is -2.23. The van der Waals surface area contributed by atoms with E-state index < -0.39 is 5.60 Å². The van der Waals surface area contributed by atoms with Crippen LogP contribution in [0.25, 0.3) is 0 Å². The Morgan fingerprint density at radius 2 is 1.83 bits per heavy atom. The lowest BCUT2D eigenvalue weighted by atomic mass is 9.87. The summed E-state index contributed by atoms with van der Waals surface area (Å²) in [6.45, 7) is 3.48. The molecule has 0 spiro atoms. The SMILES string of the molecule is Cc1cc(F)cc(C(C)(O)c2ccccc2Br)c1. The normalized spacial score (nSPS) is 14.3. The first-order valence-electron chi connectivity index (χ1n) is 5.66. The van der Waals surface area contributed by atoms with E-state index in [1.807, 2.05) is 31.2 Å². The molecule has 0 saturated carbocycles. The Bertz CT molecular complexity index is 558. The predicted molar refractivity (Wildman–Crippen MR) is 74.0 cm³/mol. The molecule has 3 heteroatoms. The van der Waals surface area contributed by atoms with Crippen LogP contribution in [0.2, 0.25) is 0 Å². The zero-order valence-electron chi connectivity index (χ0n) is 10.2. The molecule has 0 aliphatic heterocycles. The lowest BCUT2D eigenvalue weighted by Gasteiger charge is -2.26. The molecule has 0 radical (unpaired) electrons. The topological polar surface area (TPSA) is 20.2 Å². The Morgan fingerprint density at radius 3 is 2.44 bits per heavy atom. The van der Waals surface area contributed by atoms with Crippen molar-refractivity contribution >= 4 is 15.9 Å². The van der Waals surface area contributed by atoms with Gasteiger partial charge in [-0.05, 0) is 43.2 Å². The Labute approximate surface area is 114 Å². The molecule has 2 aromatic rings. The second kappa shape index (κ2) is 4.82. The number of aryl methyl sites for hydroxylation is 1. The van der Waals surface area contributed by atoms with Gasteiger partial charge in [0, 0.05) is 10.0 Å². The van der Waals surface area contributed by atoms with Gasteiger partial charge < -0.3 is 5.11 Å². The lowest BCUT2D eigenvalue weighted by molar-refractivity contribution is 0.101. The van der Waals surface area contributed by atoms with Gasteiger partial charge in [-0.2, -0.15) is 0 Å². The molecule has 0 aromatic heterocycles. The van der Waals surface area contributed by atoms with Crippen molar-refractivity contribution in [2.24, 2.45) is 0 Å². The molecule has 0 amide bonds. The van der Waals surface area contributed by atoms with E-state index in [1.54, 1.807) is 13.0 Å². The van der Waals surface area contributed by atoms with Gasteiger partial charge in [0.1, 0.15) is 11.4 Å². The van der Waals surface area contributed by atoms with Crippen LogP contribution >= 0.6 is 15.9 Å². The predicted octanol–water partition coefficient (Wildman–Crippen LogP) is 4.15. The van der Waals surface area contributed by atoms with Gasteiger partial charge in [-0.3, -0.25) is 0 Å². The van der Waals surface area contributed by atoms with Crippen molar-refractivity contribution in [2.75, 3.05) is 0 Å². The molecule has 18 heavy (non-hydrogen) atoms. The Balaban J connectivity index is 2.57. The van der Waals surface area contributed by atoms with E-state index in [0.717, 1.165) is 15.6 Å². The van der Waals surface area contributed by atoms with Gasteiger partial charge in [0.15, 0.2) is 0 Å². The Hall–Kier alpha value is -1.19. The van der Waals surface area contributed by atoms with Gasteiger partial charge in [-0.15, -0.1) is 0 Å². The molecule has 0 aliphatic carbocycles. The number of benzene rings is 2. The molecule has 94 valence electrons. The fourth-order valence-corrected chi connectivity index (χ4v) is 2.70. The maximum atomic E-state index is 13.5. The quantitative estimate of drug-likeness (QED) is 0.883. The second-order valence-corrected chi connectivity index (χ2v) is 5.42. The molecule has 1 unspecified atom stereocenters. The van der Waals surface area contributed by atoms with Crippen LogP contribution in [-0.2, 0) is 5.60 Å². The molecular formula is C15H14BrFO. The Kier molecular flexibility index (Phi) is 3.55. The highest BCUT2D eigenvalue weighted by Gasteiger charge is 2.28. The van der Waals surface area contributed by atoms with E-state index in [9.17, 15) is 9.50 Å². The molecule has 1 atom stereocenters. The third-order valence-corrected chi connectivity index (χ3v) is 3.69. The van der Waals surface area contributed by atoms with E-state index in [2.05, 4.69) is 15.9 Å². The van der Waals surface area contributed by atoms with Crippen molar-refractivity contribution in [1.82, 2.24) is 0 Å². The number of halogens is 2. The summed E-state index contributed by atoms with van der Waals surface area (Å²) in [5, 5.41) is 10.7. The van der Waals surface area contributed by atoms with Crippen molar-refractivity contribution in [3.8, 4) is 0 Å². The van der Waals surface area contributed by atoms with Crippen LogP contribution in [0.15, 0.2) is 46.9 Å². The summed E-state index contributed by atoms with van der Waals surface area (Å²) in [4.78, 5) is 0. The number of hydrogen-bond acceptors (Lipinski definition) is 1. The molecule has 2 rings (SSSR count). The summed E-state index contributed by atoms with van der Waals surface area (Å²) in [7, 11) is 0. The zero-order chi connectivity index (χ0) is 13.3. The summed E-state index contributed by atoms with van der Waals surface area (Å²) in [5.74, 6) is -0.336. The van der Waals surface area contributed by atoms with E-state index in [4.69, 9.17) is 0 Å². The van der Waals surface area contributed by atoms with E-state index in [-0.39, 0.29) is 5.82 Å². The van der Waals surface area contributed by atoms with Crippen molar-refractivity contribution in [2.45, 2.75) is 19.4 Å². The van der Waals surface area contributed by atoms with Gasteiger partial charge >= 0.3 is 0 Å². The van der Waals surface area contributed by atoms with Crippen LogP contribution in [0.5, 0.6) is 0 Å². The van der Waals surface area contributed by atoms with Gasteiger partial charge in [0.05, 0.1) is 0 Å². The zero-order valence-corrected chi connectivity index (χ0v) is 11.8. The molecule has 0 aliphatic rings. The molecule has 0 fully saturated rings. The first-order chi connectivity index (χ1) is 8.41. The fraction of sp³-hybridized carbons (Fsp3) is 0.200. The minimum absolute atomic E-state index is 0.336. The van der Waals surface area contributed by atoms with E-state index >= 15 is 0 Å². The standard InChI is InChI=1S/C15H14BrFO/c1-10-7-11(9-12(17)8-10)15(2,18)13-5-3-4-6-14(13)16/h3-9,18H,1-2H3. The molecule has 1 N–H and O–H groups in total. The smallest absolute Gasteiger partial charge is 0.123 e. The first-order valence-corrected chi connectivity index (χ1v) is 6.45. The van der Waals surface area contributed by atoms with Crippen LogP contribution in [0.4, 0.5) is 4.39 Å². The van der Waals surface area contributed by atoms with E-state index in [0.29, 0.717) is 5.56 Å². The van der Waals surface area contributed by atoms with Crippen molar-refractivity contribution in [3.63, 3.8) is 0 Å². The molecule has 0 heterocycles. The highest BCUT2D eigenvalue weighted by molar-refractivity contribution is 9.10. The summed E-state index contributed by atoms with van der Waals surface area (Å²) in [6.07, 6.45) is 0. The van der Waals surface area contributed by atoms with Crippen LogP contribution in [0.1, 0.15) is 23.6 Å². The number of rotatable bonds is 2. The summed E-state index contributed by atoms with van der Waals surface area (Å²) in [5.41, 5.74) is 0.826. The molecule has 0 saturated heterocycles. The average Bonchev–Trinajstić information content (AvgIpc) is 2.28. The first kappa shape index (κ1) is 13.2. The van der Waals surface area contributed by atoms with Crippen molar-refractivity contribution < 1.29 is 9.50 Å². The monoisotopic (exact) mass is 308 g/mol. The summed E-state index contributed by atoms with van der Waals surface area (Å²) in [6, 6.07) is 12.0. The molecule has 1 nitrogen and oxygen atoms in total. The number of aliphatic hydroxyl groups is 1. The van der Waals surface area contributed by atoms with Crippen LogP contribution in [-0.4, -0.2) is 5.11 Å². The maximum absolute atomic E-state index is 13.5. The van der Waals surface area contributed by atoms with Gasteiger partial charge in [0.25, 0.3) is 0 Å². The third kappa shape index (κ3) is 2.47. The third-order valence-electron chi connectivity index (χ3n) is 3.00. The highest BCUT2D eigenvalue weighted by Crippen LogP contribution is 2.34. The molecular weight excluding hydrogens is 295 g/mol. The Morgan fingerprint density at radius 1 is 1.17 bits per heavy atom. The van der Waals surface area contributed by atoms with Crippen LogP contribution in [0.3, 0.4) is 0 Å². The van der Waals surface area contributed by atoms with Crippen LogP contribution < -0.4 is 0 Å². The van der Waals surface area contributed by atoms with Crippen LogP contribution in [0, 0.1) is 12.7 Å². The summed E-state index contributed by atoms with van der Waals surface area (Å²) >= 11 is 3.41. The van der Waals surface area contributed by atoms with Crippen molar-refractivity contribution in [3.05, 3.63) is 69.4 Å². The number of hydrogen-bond donors (Lipinski definition) is 1. The minimum atomic E-state index is -1.23.